The summed E-state index contributed by atoms with van der Waals surface area (Å²) >= 11 is 0. The third kappa shape index (κ3) is 2.68. The van der Waals surface area contributed by atoms with Crippen molar-refractivity contribution in [1.29, 1.82) is 0 Å². The van der Waals surface area contributed by atoms with Gasteiger partial charge in [0.2, 0.25) is 0 Å². The molecule has 1 saturated carbocycles. The molecule has 0 amide bonds. The summed E-state index contributed by atoms with van der Waals surface area (Å²) in [6.45, 7) is 0.653. The largest absolute Gasteiger partial charge is 0.330 e. The average Bonchev–Trinajstić information content (AvgIpc) is 2.99. The van der Waals surface area contributed by atoms with Gasteiger partial charge in [-0.25, -0.2) is 4.39 Å². The lowest BCUT2D eigenvalue weighted by molar-refractivity contribution is 0.529. The molecule has 0 bridgehead atoms. The SMILES string of the molecule is NCCC1(CS(=O)c2ccc(F)cc2)CC1. The van der Waals surface area contributed by atoms with Gasteiger partial charge in [-0.15, -0.1) is 0 Å². The first-order valence-electron chi connectivity index (χ1n) is 5.49. The molecule has 0 aliphatic heterocycles. The minimum atomic E-state index is -1.02. The van der Waals surface area contributed by atoms with Gasteiger partial charge in [0.05, 0.1) is 10.8 Å². The number of benzene rings is 1. The molecule has 0 heterocycles. The van der Waals surface area contributed by atoms with Crippen molar-refractivity contribution in [3.63, 3.8) is 0 Å². The van der Waals surface area contributed by atoms with Crippen LogP contribution in [0.3, 0.4) is 0 Å². The van der Waals surface area contributed by atoms with E-state index in [2.05, 4.69) is 0 Å². The number of hydrogen-bond donors (Lipinski definition) is 1. The summed E-state index contributed by atoms with van der Waals surface area (Å²) in [5, 5.41) is 0. The lowest BCUT2D eigenvalue weighted by Gasteiger charge is -2.13. The summed E-state index contributed by atoms with van der Waals surface area (Å²) in [5.41, 5.74) is 5.74. The van der Waals surface area contributed by atoms with Crippen LogP contribution >= 0.6 is 0 Å². The fraction of sp³-hybridized carbons (Fsp3) is 0.500. The Morgan fingerprint density at radius 2 is 1.94 bits per heavy atom. The molecule has 1 aliphatic carbocycles. The quantitative estimate of drug-likeness (QED) is 0.857. The van der Waals surface area contributed by atoms with Gasteiger partial charge in [0, 0.05) is 10.6 Å². The number of rotatable bonds is 5. The van der Waals surface area contributed by atoms with Crippen LogP contribution in [0.4, 0.5) is 4.39 Å². The Hall–Kier alpha value is -0.740. The number of hydrogen-bond acceptors (Lipinski definition) is 2. The van der Waals surface area contributed by atoms with Crippen LogP contribution in [0.2, 0.25) is 0 Å². The normalized spacial score (nSPS) is 19.4. The van der Waals surface area contributed by atoms with Gasteiger partial charge in [-0.1, -0.05) is 0 Å². The van der Waals surface area contributed by atoms with Gasteiger partial charge in [0.15, 0.2) is 0 Å². The zero-order valence-corrected chi connectivity index (χ0v) is 9.93. The molecule has 2 N–H and O–H groups in total. The summed E-state index contributed by atoms with van der Waals surface area (Å²) in [7, 11) is -1.02. The molecule has 0 radical (unpaired) electrons. The van der Waals surface area contributed by atoms with Gasteiger partial charge in [0.25, 0.3) is 0 Å². The van der Waals surface area contributed by atoms with Crippen molar-refractivity contribution in [2.75, 3.05) is 12.3 Å². The van der Waals surface area contributed by atoms with E-state index < -0.39 is 10.8 Å². The van der Waals surface area contributed by atoms with Crippen LogP contribution in [0.1, 0.15) is 19.3 Å². The highest BCUT2D eigenvalue weighted by molar-refractivity contribution is 7.85. The average molecular weight is 241 g/mol. The van der Waals surface area contributed by atoms with E-state index in [0.29, 0.717) is 17.2 Å². The van der Waals surface area contributed by atoms with Crippen molar-refractivity contribution < 1.29 is 8.60 Å². The molecule has 0 aromatic heterocycles. The second-order valence-electron chi connectivity index (χ2n) is 4.48. The van der Waals surface area contributed by atoms with Crippen LogP contribution in [0.25, 0.3) is 0 Å². The second-order valence-corrected chi connectivity index (χ2v) is 5.93. The lowest BCUT2D eigenvalue weighted by atomic mass is 10.1. The van der Waals surface area contributed by atoms with Crippen LogP contribution < -0.4 is 5.73 Å². The van der Waals surface area contributed by atoms with Crippen molar-refractivity contribution in [2.24, 2.45) is 11.1 Å². The van der Waals surface area contributed by atoms with Crippen LogP contribution in [-0.4, -0.2) is 16.5 Å². The highest BCUT2D eigenvalue weighted by atomic mass is 32.2. The minimum absolute atomic E-state index is 0.202. The highest BCUT2D eigenvalue weighted by Crippen LogP contribution is 2.49. The molecule has 0 spiro atoms. The van der Waals surface area contributed by atoms with Crippen LogP contribution in [0.5, 0.6) is 0 Å². The van der Waals surface area contributed by atoms with Crippen molar-refractivity contribution in [3.05, 3.63) is 30.1 Å². The molecule has 1 aromatic carbocycles. The molecule has 1 aromatic rings. The number of nitrogens with two attached hydrogens (primary N) is 1. The van der Waals surface area contributed by atoms with E-state index in [0.717, 1.165) is 19.3 Å². The maximum Gasteiger partial charge on any atom is 0.123 e. The third-order valence-corrected chi connectivity index (χ3v) is 4.82. The smallest absolute Gasteiger partial charge is 0.123 e. The van der Waals surface area contributed by atoms with E-state index in [-0.39, 0.29) is 11.2 Å². The van der Waals surface area contributed by atoms with Gasteiger partial charge >= 0.3 is 0 Å². The molecule has 1 unspecified atom stereocenters. The first-order chi connectivity index (χ1) is 7.65. The highest BCUT2D eigenvalue weighted by Gasteiger charge is 2.43. The van der Waals surface area contributed by atoms with Gasteiger partial charge in [-0.2, -0.15) is 0 Å². The topological polar surface area (TPSA) is 43.1 Å². The summed E-state index contributed by atoms with van der Waals surface area (Å²) in [6.07, 6.45) is 3.19. The van der Waals surface area contributed by atoms with Gasteiger partial charge in [-0.05, 0) is 55.5 Å². The first-order valence-corrected chi connectivity index (χ1v) is 6.81. The fourth-order valence-electron chi connectivity index (χ4n) is 1.90. The Balaban J connectivity index is 2.00. The lowest BCUT2D eigenvalue weighted by Crippen LogP contribution is -2.16. The van der Waals surface area contributed by atoms with E-state index in [1.54, 1.807) is 12.1 Å². The van der Waals surface area contributed by atoms with Crippen LogP contribution in [-0.2, 0) is 10.8 Å². The van der Waals surface area contributed by atoms with E-state index in [9.17, 15) is 8.60 Å². The first kappa shape index (κ1) is 11.7. The maximum atomic E-state index is 12.7. The van der Waals surface area contributed by atoms with Gasteiger partial charge in [-0.3, -0.25) is 4.21 Å². The van der Waals surface area contributed by atoms with Crippen molar-refractivity contribution >= 4 is 10.8 Å². The van der Waals surface area contributed by atoms with Gasteiger partial charge in [0.1, 0.15) is 5.82 Å². The third-order valence-electron chi connectivity index (χ3n) is 3.15. The monoisotopic (exact) mass is 241 g/mol. The van der Waals surface area contributed by atoms with Crippen LogP contribution in [0.15, 0.2) is 29.2 Å². The molecule has 88 valence electrons. The molecule has 0 saturated heterocycles. The van der Waals surface area contributed by atoms with E-state index >= 15 is 0 Å². The molecule has 1 atom stereocenters. The summed E-state index contributed by atoms with van der Waals surface area (Å²) < 4.78 is 24.7. The van der Waals surface area contributed by atoms with Gasteiger partial charge < -0.3 is 5.73 Å². The molecular weight excluding hydrogens is 225 g/mol. The molecule has 4 heteroatoms. The Bertz CT molecular complexity index is 387. The van der Waals surface area contributed by atoms with E-state index in [4.69, 9.17) is 5.73 Å². The summed E-state index contributed by atoms with van der Waals surface area (Å²) in [6, 6.07) is 5.92. The second kappa shape index (κ2) is 4.63. The predicted octanol–water partition coefficient (Wildman–Crippen LogP) is 2.06. The molecule has 2 rings (SSSR count). The Morgan fingerprint density at radius 1 is 1.31 bits per heavy atom. The molecule has 1 aliphatic rings. The maximum absolute atomic E-state index is 12.7. The van der Waals surface area contributed by atoms with E-state index in [1.165, 1.54) is 12.1 Å². The molecular formula is C12H16FNOS. The fourth-order valence-corrected chi connectivity index (χ4v) is 3.49. The van der Waals surface area contributed by atoms with Crippen molar-refractivity contribution in [1.82, 2.24) is 0 Å². The van der Waals surface area contributed by atoms with Crippen molar-refractivity contribution in [2.45, 2.75) is 24.2 Å². The standard InChI is InChI=1S/C12H16FNOS/c13-10-1-3-11(4-2-10)16(15)9-12(5-6-12)7-8-14/h1-4H,5-9,14H2. The molecule has 1 fully saturated rings. The number of halogens is 1. The van der Waals surface area contributed by atoms with Crippen LogP contribution in [0, 0.1) is 11.2 Å². The Kier molecular flexibility index (Phi) is 3.40. The molecule has 16 heavy (non-hydrogen) atoms. The zero-order chi connectivity index (χ0) is 11.6. The summed E-state index contributed by atoms with van der Waals surface area (Å²) in [5.74, 6) is 0.374. The Morgan fingerprint density at radius 3 is 2.44 bits per heavy atom. The Labute approximate surface area is 97.5 Å². The predicted molar refractivity (Wildman–Crippen MR) is 63.0 cm³/mol. The minimum Gasteiger partial charge on any atom is -0.330 e. The summed E-state index contributed by atoms with van der Waals surface area (Å²) in [4.78, 5) is 0.713. The zero-order valence-electron chi connectivity index (χ0n) is 9.12. The van der Waals surface area contributed by atoms with E-state index in [1.807, 2.05) is 0 Å². The van der Waals surface area contributed by atoms with Crippen molar-refractivity contribution in [3.8, 4) is 0 Å². The molecule has 2 nitrogen and oxygen atoms in total.